The summed E-state index contributed by atoms with van der Waals surface area (Å²) in [6, 6.07) is 5.77. The molecule has 0 fully saturated rings. The fourth-order valence-corrected chi connectivity index (χ4v) is 3.23. The number of amides is 1. The summed E-state index contributed by atoms with van der Waals surface area (Å²) in [5, 5.41) is 12.8. The van der Waals surface area contributed by atoms with Gasteiger partial charge in [-0.1, -0.05) is 25.5 Å². The van der Waals surface area contributed by atoms with E-state index in [4.69, 9.17) is 9.05 Å². The predicted molar refractivity (Wildman–Crippen MR) is 94.5 cm³/mol. The zero-order valence-electron chi connectivity index (χ0n) is 13.7. The van der Waals surface area contributed by atoms with E-state index in [1.54, 1.807) is 0 Å². The quantitative estimate of drug-likeness (QED) is 0.281. The van der Waals surface area contributed by atoms with Gasteiger partial charge >= 0.3 is 12.8 Å². The number of aromatic nitrogens is 1. The van der Waals surface area contributed by atoms with Crippen LogP contribution in [0.25, 0.3) is 0 Å². The summed E-state index contributed by atoms with van der Waals surface area (Å²) in [6.07, 6.45) is 2.38. The summed E-state index contributed by atoms with van der Waals surface area (Å²) in [5.74, 6) is -0.850. The first kappa shape index (κ1) is 20.0. The number of nitrogens with zero attached hydrogens (tertiary/aromatic N) is 2. The van der Waals surface area contributed by atoms with E-state index in [0.717, 1.165) is 12.6 Å². The third-order valence-electron chi connectivity index (χ3n) is 2.99. The van der Waals surface area contributed by atoms with Crippen LogP contribution in [0.2, 0.25) is 0 Å². The Morgan fingerprint density at radius 2 is 2.19 bits per heavy atom. The zero-order chi connectivity index (χ0) is 19.2. The SMILES string of the molecule is CCCCOP(=O)(O)Oc1ccccc1C(=O)Nc1ncc([N+](=O)[O-])s1. The van der Waals surface area contributed by atoms with Gasteiger partial charge in [-0.3, -0.25) is 29.6 Å². The molecule has 0 radical (unpaired) electrons. The van der Waals surface area contributed by atoms with E-state index in [2.05, 4.69) is 10.3 Å². The van der Waals surface area contributed by atoms with Crippen LogP contribution >= 0.6 is 19.2 Å². The number of phosphoric acid groups is 1. The van der Waals surface area contributed by atoms with Crippen LogP contribution < -0.4 is 9.84 Å². The van der Waals surface area contributed by atoms with Gasteiger partial charge in [0.15, 0.2) is 5.13 Å². The van der Waals surface area contributed by atoms with Crippen LogP contribution in [0.5, 0.6) is 5.75 Å². The lowest BCUT2D eigenvalue weighted by atomic mass is 10.2. The maximum atomic E-state index is 12.4. The van der Waals surface area contributed by atoms with Crippen molar-refractivity contribution in [3.05, 3.63) is 46.1 Å². The van der Waals surface area contributed by atoms with Gasteiger partial charge in [-0.05, 0) is 29.9 Å². The average molecular weight is 401 g/mol. The fraction of sp³-hybridized carbons (Fsp3) is 0.286. The highest BCUT2D eigenvalue weighted by atomic mass is 32.1. The molecule has 10 nitrogen and oxygen atoms in total. The Balaban J connectivity index is 2.13. The number of carbonyl (C=O) groups excluding carboxylic acids is 1. The highest BCUT2D eigenvalue weighted by Crippen LogP contribution is 2.45. The molecule has 1 aromatic carbocycles. The molecule has 2 aromatic rings. The standard InChI is InChI=1S/C14H16N3O7PS/c1-2-3-8-23-25(21,22)24-11-7-5-4-6-10(11)13(18)16-14-15-9-12(26-14)17(19)20/h4-7,9H,2-3,8H2,1H3,(H,21,22)(H,15,16,18). The minimum atomic E-state index is -4.38. The molecule has 140 valence electrons. The van der Waals surface area contributed by atoms with Gasteiger partial charge in [0.1, 0.15) is 11.9 Å². The van der Waals surface area contributed by atoms with Gasteiger partial charge in [-0.25, -0.2) is 9.55 Å². The summed E-state index contributed by atoms with van der Waals surface area (Å²) in [7, 11) is -4.38. The summed E-state index contributed by atoms with van der Waals surface area (Å²) in [5.41, 5.74) is -0.0429. The first-order valence-electron chi connectivity index (χ1n) is 7.50. The number of rotatable bonds is 9. The Kier molecular flexibility index (Phi) is 6.81. The first-order chi connectivity index (χ1) is 12.3. The topological polar surface area (TPSA) is 141 Å². The van der Waals surface area contributed by atoms with Crippen molar-refractivity contribution >= 4 is 35.2 Å². The second-order valence-corrected chi connectivity index (χ2v) is 7.34. The maximum absolute atomic E-state index is 12.4. The first-order valence-corrected chi connectivity index (χ1v) is 9.81. The second kappa shape index (κ2) is 8.86. The third kappa shape index (κ3) is 5.60. The maximum Gasteiger partial charge on any atom is 0.527 e. The Morgan fingerprint density at radius 1 is 1.46 bits per heavy atom. The Hall–Kier alpha value is -2.33. The molecule has 26 heavy (non-hydrogen) atoms. The predicted octanol–water partition coefficient (Wildman–Crippen LogP) is 3.60. The number of para-hydroxylation sites is 1. The van der Waals surface area contributed by atoms with Crippen molar-refractivity contribution in [1.82, 2.24) is 4.98 Å². The van der Waals surface area contributed by atoms with Crippen molar-refractivity contribution in [2.45, 2.75) is 19.8 Å². The van der Waals surface area contributed by atoms with Gasteiger partial charge in [0, 0.05) is 0 Å². The molecule has 1 aromatic heterocycles. The lowest BCUT2D eigenvalue weighted by molar-refractivity contribution is -0.380. The van der Waals surface area contributed by atoms with E-state index in [1.807, 2.05) is 6.92 Å². The van der Waals surface area contributed by atoms with Crippen LogP contribution in [0, 0.1) is 10.1 Å². The van der Waals surface area contributed by atoms with E-state index >= 15 is 0 Å². The third-order valence-corrected chi connectivity index (χ3v) is 4.79. The van der Waals surface area contributed by atoms with Gasteiger partial charge in [0.2, 0.25) is 0 Å². The van der Waals surface area contributed by atoms with Crippen molar-refractivity contribution in [3.63, 3.8) is 0 Å². The molecule has 0 saturated carbocycles. The monoisotopic (exact) mass is 401 g/mol. The second-order valence-electron chi connectivity index (χ2n) is 4.96. The molecule has 0 spiro atoms. The molecule has 0 bridgehead atoms. The average Bonchev–Trinajstić information content (AvgIpc) is 3.04. The molecule has 1 amide bonds. The van der Waals surface area contributed by atoms with E-state index in [1.165, 1.54) is 24.3 Å². The molecule has 1 unspecified atom stereocenters. The van der Waals surface area contributed by atoms with Crippen LogP contribution in [-0.4, -0.2) is 27.3 Å². The molecule has 0 aliphatic rings. The normalized spacial score (nSPS) is 13.0. The lowest BCUT2D eigenvalue weighted by Gasteiger charge is -2.15. The molecular formula is C14H16N3O7PS. The van der Waals surface area contributed by atoms with E-state index in [9.17, 15) is 24.4 Å². The molecule has 1 heterocycles. The van der Waals surface area contributed by atoms with Crippen molar-refractivity contribution in [3.8, 4) is 5.75 Å². The highest BCUT2D eigenvalue weighted by molar-refractivity contribution is 7.47. The number of nitro groups is 1. The Labute approximate surface area is 152 Å². The number of hydrogen-bond acceptors (Lipinski definition) is 8. The molecule has 1 atom stereocenters. The van der Waals surface area contributed by atoms with E-state index < -0.39 is 18.7 Å². The molecule has 0 aliphatic carbocycles. The number of thiazole rings is 1. The van der Waals surface area contributed by atoms with Gasteiger partial charge < -0.3 is 4.52 Å². The van der Waals surface area contributed by atoms with Crippen LogP contribution in [0.3, 0.4) is 0 Å². The van der Waals surface area contributed by atoms with Gasteiger partial charge in [-0.2, -0.15) is 0 Å². The van der Waals surface area contributed by atoms with Gasteiger partial charge in [0.05, 0.1) is 17.1 Å². The molecule has 0 aliphatic heterocycles. The summed E-state index contributed by atoms with van der Waals surface area (Å²) in [4.78, 5) is 35.9. The Bertz CT molecular complexity index is 841. The number of phosphoric ester groups is 1. The van der Waals surface area contributed by atoms with Crippen molar-refractivity contribution < 1.29 is 28.2 Å². The molecule has 2 rings (SSSR count). The summed E-state index contributed by atoms with van der Waals surface area (Å²) < 4.78 is 21.8. The molecule has 0 saturated heterocycles. The molecule has 2 N–H and O–H groups in total. The smallest absolute Gasteiger partial charge is 0.403 e. The Morgan fingerprint density at radius 3 is 2.85 bits per heavy atom. The van der Waals surface area contributed by atoms with Gasteiger partial charge in [-0.15, -0.1) is 0 Å². The van der Waals surface area contributed by atoms with Crippen molar-refractivity contribution in [2.75, 3.05) is 11.9 Å². The van der Waals surface area contributed by atoms with Crippen LogP contribution in [0.15, 0.2) is 30.5 Å². The fourth-order valence-electron chi connectivity index (χ4n) is 1.78. The molecular weight excluding hydrogens is 385 g/mol. The minimum absolute atomic E-state index is 0.0166. The lowest BCUT2D eigenvalue weighted by Crippen LogP contribution is -2.13. The van der Waals surface area contributed by atoms with E-state index in [0.29, 0.717) is 17.8 Å². The number of unbranched alkanes of at least 4 members (excludes halogenated alkanes) is 1. The van der Waals surface area contributed by atoms with E-state index in [-0.39, 0.29) is 28.1 Å². The largest absolute Gasteiger partial charge is 0.527 e. The number of nitrogens with one attached hydrogen (secondary N) is 1. The van der Waals surface area contributed by atoms with Crippen LogP contribution in [0.1, 0.15) is 30.1 Å². The van der Waals surface area contributed by atoms with Crippen LogP contribution in [-0.2, 0) is 9.09 Å². The number of carbonyl (C=O) groups is 1. The molecule has 12 heteroatoms. The number of benzene rings is 1. The summed E-state index contributed by atoms with van der Waals surface area (Å²) >= 11 is 0.685. The van der Waals surface area contributed by atoms with Crippen LogP contribution in [0.4, 0.5) is 10.1 Å². The van der Waals surface area contributed by atoms with Crippen molar-refractivity contribution in [1.29, 1.82) is 0 Å². The highest BCUT2D eigenvalue weighted by Gasteiger charge is 2.26. The van der Waals surface area contributed by atoms with Gasteiger partial charge in [0.25, 0.3) is 5.91 Å². The zero-order valence-corrected chi connectivity index (χ0v) is 15.4. The minimum Gasteiger partial charge on any atom is -0.403 e. The van der Waals surface area contributed by atoms with Crippen molar-refractivity contribution in [2.24, 2.45) is 0 Å². The summed E-state index contributed by atoms with van der Waals surface area (Å²) in [6.45, 7) is 1.94. The number of hydrogen-bond donors (Lipinski definition) is 2. The number of anilines is 1.